The second kappa shape index (κ2) is 11.1. The van der Waals surface area contributed by atoms with E-state index in [0.717, 1.165) is 48.8 Å². The van der Waals surface area contributed by atoms with Crippen molar-refractivity contribution in [3.63, 3.8) is 0 Å². The second-order valence-electron chi connectivity index (χ2n) is 9.22. The van der Waals surface area contributed by atoms with Gasteiger partial charge in [0.1, 0.15) is 5.75 Å². The third-order valence-corrected chi connectivity index (χ3v) is 8.96. The van der Waals surface area contributed by atoms with Gasteiger partial charge in [-0.3, -0.25) is 0 Å². The minimum Gasteiger partial charge on any atom is -0.507 e. The summed E-state index contributed by atoms with van der Waals surface area (Å²) in [6.45, 7) is 5.58. The molecular formula is C24H40N2O4S. The predicted molar refractivity (Wildman–Crippen MR) is 125 cm³/mol. The summed E-state index contributed by atoms with van der Waals surface area (Å²) >= 11 is 0. The van der Waals surface area contributed by atoms with Crippen LogP contribution >= 0.6 is 0 Å². The molecule has 0 bridgehead atoms. The van der Waals surface area contributed by atoms with E-state index in [9.17, 15) is 13.5 Å². The van der Waals surface area contributed by atoms with Crippen molar-refractivity contribution in [2.45, 2.75) is 83.8 Å². The molecule has 3 N–H and O–H groups in total. The number of ether oxygens (including phenoxy) is 1. The summed E-state index contributed by atoms with van der Waals surface area (Å²) in [4.78, 5) is 0. The van der Waals surface area contributed by atoms with E-state index >= 15 is 0 Å². The number of fused-ring (bicyclic) bond motifs is 1. The zero-order valence-corrected chi connectivity index (χ0v) is 20.0. The van der Waals surface area contributed by atoms with Crippen molar-refractivity contribution in [1.29, 1.82) is 0 Å². The highest BCUT2D eigenvalue weighted by molar-refractivity contribution is 7.89. The Morgan fingerprint density at radius 2 is 1.81 bits per heavy atom. The molecule has 2 aliphatic heterocycles. The Hall–Kier alpha value is -1.15. The molecule has 0 saturated carbocycles. The summed E-state index contributed by atoms with van der Waals surface area (Å²) in [5, 5.41) is 10.6. The topological polar surface area (TPSA) is 92.9 Å². The monoisotopic (exact) mass is 452 g/mol. The summed E-state index contributed by atoms with van der Waals surface area (Å²) < 4.78 is 33.5. The third kappa shape index (κ3) is 6.01. The van der Waals surface area contributed by atoms with Crippen LogP contribution in [0, 0.1) is 12.8 Å². The zero-order chi connectivity index (χ0) is 22.4. The molecule has 2 aliphatic rings. The van der Waals surface area contributed by atoms with E-state index in [0.29, 0.717) is 31.8 Å². The standard InChI is InChI=1S/C24H40N2O4S/c1-3-4-5-6-7-8-15-31(28,29)26-13-11-19(12-14-26)22-16-21-20(23(17-25)30-22)10-9-18(2)24(21)27/h9-10,19,22-23,27H,3-8,11-17,25H2,1-2H3. The lowest BCUT2D eigenvalue weighted by atomic mass is 9.83. The Kier molecular flexibility index (Phi) is 8.79. The minimum absolute atomic E-state index is 0.0304. The van der Waals surface area contributed by atoms with Crippen LogP contribution in [0.2, 0.25) is 0 Å². The van der Waals surface area contributed by atoms with Gasteiger partial charge >= 0.3 is 0 Å². The number of phenols is 1. The first-order valence-electron chi connectivity index (χ1n) is 12.0. The van der Waals surface area contributed by atoms with Gasteiger partial charge < -0.3 is 15.6 Å². The number of sulfonamides is 1. The molecule has 1 saturated heterocycles. The highest BCUT2D eigenvalue weighted by Gasteiger charge is 2.37. The molecule has 1 aromatic rings. The summed E-state index contributed by atoms with van der Waals surface area (Å²) in [6, 6.07) is 3.92. The van der Waals surface area contributed by atoms with Gasteiger partial charge in [-0.2, -0.15) is 0 Å². The number of unbranched alkanes of at least 4 members (excludes halogenated alkanes) is 5. The summed E-state index contributed by atoms with van der Waals surface area (Å²) in [6.07, 6.45) is 8.51. The number of piperidine rings is 1. The number of aromatic hydroxyl groups is 1. The van der Waals surface area contributed by atoms with E-state index in [1.54, 1.807) is 4.31 Å². The van der Waals surface area contributed by atoms with Crippen LogP contribution in [0.4, 0.5) is 0 Å². The Morgan fingerprint density at radius 3 is 2.48 bits per heavy atom. The number of hydrogen-bond donors (Lipinski definition) is 2. The molecule has 2 atom stereocenters. The number of hydrogen-bond acceptors (Lipinski definition) is 5. The molecule has 0 radical (unpaired) electrons. The number of aryl methyl sites for hydroxylation is 1. The van der Waals surface area contributed by atoms with Gasteiger partial charge in [-0.15, -0.1) is 0 Å². The predicted octanol–water partition coefficient (Wildman–Crippen LogP) is 4.04. The first-order chi connectivity index (χ1) is 14.9. The van der Waals surface area contributed by atoms with Crippen molar-refractivity contribution in [3.05, 3.63) is 28.8 Å². The van der Waals surface area contributed by atoms with Gasteiger partial charge in [0.2, 0.25) is 10.0 Å². The molecule has 176 valence electrons. The van der Waals surface area contributed by atoms with Gasteiger partial charge in [0.15, 0.2) is 0 Å². The molecule has 0 aliphatic carbocycles. The maximum atomic E-state index is 12.7. The molecule has 0 aromatic heterocycles. The molecule has 1 aromatic carbocycles. The fourth-order valence-electron chi connectivity index (χ4n) is 5.00. The molecule has 31 heavy (non-hydrogen) atoms. The molecule has 7 heteroatoms. The van der Waals surface area contributed by atoms with E-state index < -0.39 is 10.0 Å². The van der Waals surface area contributed by atoms with Crippen LogP contribution in [-0.2, 0) is 21.2 Å². The van der Waals surface area contributed by atoms with Crippen molar-refractivity contribution >= 4 is 10.0 Å². The van der Waals surface area contributed by atoms with E-state index in [4.69, 9.17) is 10.5 Å². The zero-order valence-electron chi connectivity index (χ0n) is 19.2. The minimum atomic E-state index is -3.17. The maximum absolute atomic E-state index is 12.7. The molecule has 2 heterocycles. The SMILES string of the molecule is CCCCCCCCS(=O)(=O)N1CCC(C2Cc3c(ccc(C)c3O)C(CN)O2)CC1. The van der Waals surface area contributed by atoms with Crippen molar-refractivity contribution in [2.75, 3.05) is 25.4 Å². The molecular weight excluding hydrogens is 412 g/mol. The highest BCUT2D eigenvalue weighted by Crippen LogP contribution is 2.40. The largest absolute Gasteiger partial charge is 0.507 e. The second-order valence-corrected chi connectivity index (χ2v) is 11.3. The molecule has 0 spiro atoms. The number of phenolic OH excluding ortho intramolecular Hbond substituents is 1. The van der Waals surface area contributed by atoms with Crippen molar-refractivity contribution in [2.24, 2.45) is 11.7 Å². The van der Waals surface area contributed by atoms with Crippen LogP contribution in [0.3, 0.4) is 0 Å². The fraction of sp³-hybridized carbons (Fsp3) is 0.750. The number of benzene rings is 1. The summed E-state index contributed by atoms with van der Waals surface area (Å²) in [5.41, 5.74) is 8.77. The lowest BCUT2D eigenvalue weighted by Gasteiger charge is -2.40. The van der Waals surface area contributed by atoms with Gasteiger partial charge in [-0.05, 0) is 43.2 Å². The maximum Gasteiger partial charge on any atom is 0.214 e. The van der Waals surface area contributed by atoms with E-state index in [1.807, 2.05) is 19.1 Å². The summed E-state index contributed by atoms with van der Waals surface area (Å²) in [7, 11) is -3.17. The van der Waals surface area contributed by atoms with Crippen LogP contribution in [-0.4, -0.2) is 49.3 Å². The number of nitrogens with zero attached hydrogens (tertiary/aromatic N) is 1. The van der Waals surface area contributed by atoms with Gasteiger partial charge in [-0.1, -0.05) is 51.2 Å². The van der Waals surface area contributed by atoms with E-state index in [-0.39, 0.29) is 23.9 Å². The summed E-state index contributed by atoms with van der Waals surface area (Å²) in [5.74, 6) is 0.894. The smallest absolute Gasteiger partial charge is 0.214 e. The van der Waals surface area contributed by atoms with Crippen molar-refractivity contribution in [1.82, 2.24) is 4.31 Å². The van der Waals surface area contributed by atoms with Gasteiger partial charge in [0.05, 0.1) is 18.0 Å². The Balaban J connectivity index is 1.54. The molecule has 2 unspecified atom stereocenters. The van der Waals surface area contributed by atoms with Gasteiger partial charge in [0.25, 0.3) is 0 Å². The third-order valence-electron chi connectivity index (χ3n) is 7.00. The normalized spacial score (nSPS) is 23.1. The van der Waals surface area contributed by atoms with Crippen LogP contribution in [0.1, 0.15) is 81.1 Å². The van der Waals surface area contributed by atoms with Gasteiger partial charge in [-0.25, -0.2) is 12.7 Å². The Morgan fingerprint density at radius 1 is 1.13 bits per heavy atom. The lowest BCUT2D eigenvalue weighted by molar-refractivity contribution is -0.0612. The van der Waals surface area contributed by atoms with Crippen LogP contribution in [0.5, 0.6) is 5.75 Å². The molecule has 1 fully saturated rings. The van der Waals surface area contributed by atoms with Gasteiger partial charge in [0, 0.05) is 31.6 Å². The van der Waals surface area contributed by atoms with E-state index in [1.165, 1.54) is 19.3 Å². The Bertz CT molecular complexity index is 819. The Labute approximate surface area is 188 Å². The highest BCUT2D eigenvalue weighted by atomic mass is 32.2. The average molecular weight is 453 g/mol. The fourth-order valence-corrected chi connectivity index (χ4v) is 6.59. The lowest BCUT2D eigenvalue weighted by Crippen LogP contribution is -2.44. The first kappa shape index (κ1) is 24.5. The molecule has 0 amide bonds. The quantitative estimate of drug-likeness (QED) is 0.523. The number of rotatable bonds is 10. The van der Waals surface area contributed by atoms with Crippen LogP contribution in [0.25, 0.3) is 0 Å². The molecule has 6 nitrogen and oxygen atoms in total. The van der Waals surface area contributed by atoms with Crippen molar-refractivity contribution in [3.8, 4) is 5.75 Å². The number of nitrogens with two attached hydrogens (primary N) is 1. The average Bonchev–Trinajstić information content (AvgIpc) is 2.78. The van der Waals surface area contributed by atoms with E-state index in [2.05, 4.69) is 6.92 Å². The van der Waals surface area contributed by atoms with Crippen LogP contribution < -0.4 is 5.73 Å². The van der Waals surface area contributed by atoms with Crippen LogP contribution in [0.15, 0.2) is 12.1 Å². The first-order valence-corrected chi connectivity index (χ1v) is 13.6. The molecule has 3 rings (SSSR count). The van der Waals surface area contributed by atoms with Crippen molar-refractivity contribution < 1.29 is 18.3 Å².